The number of pyridine rings is 2. The topological polar surface area (TPSA) is 92.0 Å². The van der Waals surface area contributed by atoms with E-state index in [1.165, 1.54) is 0 Å². The van der Waals surface area contributed by atoms with Crippen LogP contribution >= 0.6 is 0 Å². The van der Waals surface area contributed by atoms with Gasteiger partial charge in [-0.1, -0.05) is 18.2 Å². The second-order valence-electron chi connectivity index (χ2n) is 5.93. The quantitative estimate of drug-likeness (QED) is 0.670. The van der Waals surface area contributed by atoms with Crippen LogP contribution in [-0.2, 0) is 4.79 Å². The highest BCUT2D eigenvalue weighted by atomic mass is 16.5. The van der Waals surface area contributed by atoms with Crippen molar-refractivity contribution in [3.05, 3.63) is 73.9 Å². The van der Waals surface area contributed by atoms with Crippen LogP contribution in [0.2, 0.25) is 0 Å². The molecule has 0 radical (unpaired) electrons. The fraction of sp³-hybridized carbons (Fsp3) is 0.167. The zero-order valence-corrected chi connectivity index (χ0v) is 12.9. The van der Waals surface area contributed by atoms with Gasteiger partial charge in [0.2, 0.25) is 0 Å². The average molecular weight is 322 g/mol. The van der Waals surface area contributed by atoms with Crippen LogP contribution in [0.5, 0.6) is 5.75 Å². The lowest BCUT2D eigenvalue weighted by Gasteiger charge is -2.23. The van der Waals surface area contributed by atoms with Crippen LogP contribution in [0.25, 0.3) is 10.9 Å². The summed E-state index contributed by atoms with van der Waals surface area (Å²) in [5, 5.41) is 0.844. The Morgan fingerprint density at radius 1 is 1.04 bits per heavy atom. The Kier molecular flexibility index (Phi) is 3.13. The molecular formula is C18H14N2O4. The Hall–Kier alpha value is -3.15. The van der Waals surface area contributed by atoms with Gasteiger partial charge in [-0.25, -0.2) is 0 Å². The number of para-hydroxylation sites is 1. The van der Waals surface area contributed by atoms with Gasteiger partial charge in [0.05, 0.1) is 12.0 Å². The van der Waals surface area contributed by atoms with Crippen molar-refractivity contribution < 1.29 is 9.53 Å². The number of aromatic nitrogens is 2. The number of hydrogen-bond donors (Lipinski definition) is 2. The standard InChI is InChI=1S/C18H14N2O4/c1-9-6-14-16(18(23)19-9)11(8-15(21)24-14)12-7-10-4-2-3-5-13(10)20-17(12)22/h2-7,11H,8H2,1H3,(H,19,23)(H,20,22)/t11-/m0/s1. The highest BCUT2D eigenvalue weighted by Crippen LogP contribution is 2.35. The first-order chi connectivity index (χ1) is 11.5. The van der Waals surface area contributed by atoms with E-state index in [4.69, 9.17) is 4.74 Å². The average Bonchev–Trinajstić information content (AvgIpc) is 2.52. The van der Waals surface area contributed by atoms with Crippen molar-refractivity contribution in [2.24, 2.45) is 0 Å². The number of ether oxygens (including phenoxy) is 1. The molecule has 2 N–H and O–H groups in total. The van der Waals surface area contributed by atoms with Gasteiger partial charge in [-0.15, -0.1) is 0 Å². The Labute approximate surface area is 136 Å². The van der Waals surface area contributed by atoms with Crippen molar-refractivity contribution >= 4 is 16.9 Å². The lowest BCUT2D eigenvalue weighted by atomic mass is 9.87. The number of benzene rings is 1. The third kappa shape index (κ3) is 2.23. The van der Waals surface area contributed by atoms with Gasteiger partial charge in [-0.2, -0.15) is 0 Å². The van der Waals surface area contributed by atoms with Crippen molar-refractivity contribution in [3.63, 3.8) is 0 Å². The molecule has 0 saturated carbocycles. The maximum Gasteiger partial charge on any atom is 0.312 e. The van der Waals surface area contributed by atoms with Crippen LogP contribution in [0.15, 0.2) is 46.0 Å². The smallest absolute Gasteiger partial charge is 0.312 e. The normalized spacial score (nSPS) is 16.7. The van der Waals surface area contributed by atoms with Crippen LogP contribution in [0.3, 0.4) is 0 Å². The molecule has 1 atom stereocenters. The minimum Gasteiger partial charge on any atom is -0.426 e. The first-order valence-corrected chi connectivity index (χ1v) is 7.59. The number of esters is 1. The number of fused-ring (bicyclic) bond motifs is 2. The predicted molar refractivity (Wildman–Crippen MR) is 88.5 cm³/mol. The summed E-state index contributed by atoms with van der Waals surface area (Å²) < 4.78 is 5.20. The van der Waals surface area contributed by atoms with Crippen molar-refractivity contribution in [3.8, 4) is 5.75 Å². The molecule has 0 spiro atoms. The van der Waals surface area contributed by atoms with Gasteiger partial charge in [0.15, 0.2) is 0 Å². The van der Waals surface area contributed by atoms with Gasteiger partial charge >= 0.3 is 5.97 Å². The first-order valence-electron chi connectivity index (χ1n) is 7.59. The molecule has 1 aliphatic heterocycles. The Balaban J connectivity index is 1.98. The lowest BCUT2D eigenvalue weighted by Crippen LogP contribution is -2.31. The maximum atomic E-state index is 12.5. The molecule has 0 unspecified atom stereocenters. The van der Waals surface area contributed by atoms with Crippen molar-refractivity contribution in [2.45, 2.75) is 19.3 Å². The number of carbonyl (C=O) groups excluding carboxylic acids is 1. The van der Waals surface area contributed by atoms with E-state index in [1.807, 2.05) is 18.2 Å². The summed E-state index contributed by atoms with van der Waals surface area (Å²) in [5.74, 6) is -0.853. The van der Waals surface area contributed by atoms with E-state index in [1.54, 1.807) is 25.1 Å². The largest absolute Gasteiger partial charge is 0.426 e. The molecule has 3 heterocycles. The second-order valence-corrected chi connectivity index (χ2v) is 5.93. The summed E-state index contributed by atoms with van der Waals surface area (Å²) >= 11 is 0. The van der Waals surface area contributed by atoms with Crippen LogP contribution in [0.4, 0.5) is 0 Å². The monoisotopic (exact) mass is 322 g/mol. The van der Waals surface area contributed by atoms with Crippen molar-refractivity contribution in [1.82, 2.24) is 9.97 Å². The molecule has 120 valence electrons. The van der Waals surface area contributed by atoms with E-state index in [2.05, 4.69) is 9.97 Å². The number of rotatable bonds is 1. The number of aromatic amines is 2. The van der Waals surface area contributed by atoms with Gasteiger partial charge in [0.25, 0.3) is 11.1 Å². The summed E-state index contributed by atoms with van der Waals surface area (Å²) in [5.41, 5.74) is 1.37. The molecule has 2 aromatic heterocycles. The first kappa shape index (κ1) is 14.4. The molecule has 6 heteroatoms. The maximum absolute atomic E-state index is 12.5. The summed E-state index contributed by atoms with van der Waals surface area (Å²) in [6.45, 7) is 1.71. The Morgan fingerprint density at radius 2 is 1.83 bits per heavy atom. The molecule has 0 aliphatic carbocycles. The van der Waals surface area contributed by atoms with E-state index in [-0.39, 0.29) is 23.3 Å². The molecule has 0 amide bonds. The van der Waals surface area contributed by atoms with Crippen LogP contribution in [0, 0.1) is 6.92 Å². The summed E-state index contributed by atoms with van der Waals surface area (Å²) in [6.07, 6.45) is -0.0411. The van der Waals surface area contributed by atoms with Crippen LogP contribution in [0.1, 0.15) is 29.2 Å². The molecule has 1 aromatic carbocycles. The molecular weight excluding hydrogens is 308 g/mol. The highest BCUT2D eigenvalue weighted by molar-refractivity contribution is 5.81. The minimum atomic E-state index is -0.626. The number of H-pyrrole nitrogens is 2. The van der Waals surface area contributed by atoms with Crippen LogP contribution in [-0.4, -0.2) is 15.9 Å². The van der Waals surface area contributed by atoms with E-state index in [9.17, 15) is 14.4 Å². The minimum absolute atomic E-state index is 0.0411. The van der Waals surface area contributed by atoms with Crippen molar-refractivity contribution in [1.29, 1.82) is 0 Å². The van der Waals surface area contributed by atoms with E-state index in [0.717, 1.165) is 5.39 Å². The van der Waals surface area contributed by atoms with Crippen molar-refractivity contribution in [2.75, 3.05) is 0 Å². The molecule has 0 fully saturated rings. The molecule has 24 heavy (non-hydrogen) atoms. The zero-order chi connectivity index (χ0) is 16.8. The van der Waals surface area contributed by atoms with Gasteiger partial charge in [-0.05, 0) is 24.4 Å². The Morgan fingerprint density at radius 3 is 2.67 bits per heavy atom. The fourth-order valence-electron chi connectivity index (χ4n) is 3.20. The molecule has 3 aromatic rings. The van der Waals surface area contributed by atoms with Gasteiger partial charge in [-0.3, -0.25) is 14.4 Å². The molecule has 0 saturated heterocycles. The zero-order valence-electron chi connectivity index (χ0n) is 12.9. The lowest BCUT2D eigenvalue weighted by molar-refractivity contribution is -0.135. The van der Waals surface area contributed by atoms with Crippen LogP contribution < -0.4 is 15.9 Å². The highest BCUT2D eigenvalue weighted by Gasteiger charge is 2.33. The third-order valence-electron chi connectivity index (χ3n) is 4.27. The molecule has 1 aliphatic rings. The number of carbonyl (C=O) groups is 1. The second kappa shape index (κ2) is 5.19. The molecule has 4 rings (SSSR count). The van der Waals surface area contributed by atoms with Gasteiger partial charge in [0.1, 0.15) is 5.75 Å². The summed E-state index contributed by atoms with van der Waals surface area (Å²) in [4.78, 5) is 42.4. The van der Waals surface area contributed by atoms with E-state index < -0.39 is 11.9 Å². The predicted octanol–water partition coefficient (Wildman–Crippen LogP) is 1.97. The van der Waals surface area contributed by atoms with E-state index >= 15 is 0 Å². The van der Waals surface area contributed by atoms with E-state index in [0.29, 0.717) is 22.3 Å². The van der Waals surface area contributed by atoms with Gasteiger partial charge < -0.3 is 14.7 Å². The Bertz CT molecular complexity index is 1090. The number of nitrogens with one attached hydrogen (secondary N) is 2. The fourth-order valence-corrected chi connectivity index (χ4v) is 3.20. The number of hydrogen-bond acceptors (Lipinski definition) is 4. The third-order valence-corrected chi connectivity index (χ3v) is 4.27. The number of aryl methyl sites for hydroxylation is 1. The summed E-state index contributed by atoms with van der Waals surface area (Å²) in [6, 6.07) is 10.7. The molecule has 0 bridgehead atoms. The molecule has 6 nitrogen and oxygen atoms in total. The van der Waals surface area contributed by atoms with Gasteiger partial charge in [0, 0.05) is 28.8 Å². The SMILES string of the molecule is Cc1cc2c(c(=O)[nH]1)[C@H](c1cc3ccccc3[nH]c1=O)CC(=O)O2. The summed E-state index contributed by atoms with van der Waals surface area (Å²) in [7, 11) is 0.